The Morgan fingerprint density at radius 2 is 1.00 bits per heavy atom. The van der Waals surface area contributed by atoms with E-state index in [1.54, 1.807) is 0 Å². The molecule has 0 spiro atoms. The van der Waals surface area contributed by atoms with E-state index in [-0.39, 0.29) is 24.8 Å². The average Bonchev–Trinajstić information content (AvgIpc) is 2.47. The Hall–Kier alpha value is -0.540. The minimum atomic E-state index is 0. The van der Waals surface area contributed by atoms with E-state index in [0.29, 0.717) is 0 Å². The standard InChI is InChI=1S/C18H32N2.2ClH/c1-5-9-13-19(11-7-3)15-17-20(12-8-4,18-16-19)14-10-6-2;;/h5-10H,3-4,11-18H2,1-2H3;2*1H/q+2;;/p-2/b9-5+,10-6+;;. The van der Waals surface area contributed by atoms with Gasteiger partial charge in [-0.05, 0) is 38.2 Å². The third kappa shape index (κ3) is 6.70. The lowest BCUT2D eigenvalue weighted by molar-refractivity contribution is -1.02. The zero-order chi connectivity index (χ0) is 14.9. The van der Waals surface area contributed by atoms with Crippen molar-refractivity contribution >= 4 is 0 Å². The lowest BCUT2D eigenvalue weighted by Crippen LogP contribution is -3.00. The smallest absolute Gasteiger partial charge is 0.129 e. The molecule has 128 valence electrons. The molecule has 1 aliphatic rings. The first kappa shape index (κ1) is 23.7. The third-order valence-corrected chi connectivity index (χ3v) is 4.59. The van der Waals surface area contributed by atoms with Crippen LogP contribution in [0.5, 0.6) is 0 Å². The Balaban J connectivity index is 0. The van der Waals surface area contributed by atoms with Gasteiger partial charge in [0.15, 0.2) is 0 Å². The minimum absolute atomic E-state index is 0. The van der Waals surface area contributed by atoms with Crippen LogP contribution in [0.1, 0.15) is 13.8 Å². The van der Waals surface area contributed by atoms with Crippen LogP contribution >= 0.6 is 0 Å². The van der Waals surface area contributed by atoms with Crippen molar-refractivity contribution in [1.82, 2.24) is 0 Å². The van der Waals surface area contributed by atoms with Crippen LogP contribution in [0.2, 0.25) is 0 Å². The fourth-order valence-electron chi connectivity index (χ4n) is 3.16. The second kappa shape index (κ2) is 12.0. The van der Waals surface area contributed by atoms with Crippen LogP contribution in [-0.2, 0) is 0 Å². The van der Waals surface area contributed by atoms with Crippen molar-refractivity contribution in [3.8, 4) is 0 Å². The summed E-state index contributed by atoms with van der Waals surface area (Å²) in [6.07, 6.45) is 13.1. The molecule has 1 rings (SSSR count). The van der Waals surface area contributed by atoms with Crippen molar-refractivity contribution in [3.63, 3.8) is 0 Å². The molecule has 0 atom stereocenters. The molecule has 0 aromatic heterocycles. The van der Waals surface area contributed by atoms with Crippen LogP contribution < -0.4 is 24.8 Å². The van der Waals surface area contributed by atoms with Crippen molar-refractivity contribution in [2.75, 3.05) is 52.4 Å². The number of rotatable bonds is 8. The normalized spacial score (nSPS) is 28.1. The summed E-state index contributed by atoms with van der Waals surface area (Å²) in [5, 5.41) is 0. The monoisotopic (exact) mass is 346 g/mol. The van der Waals surface area contributed by atoms with Crippen LogP contribution in [0.3, 0.4) is 0 Å². The molecule has 1 saturated heterocycles. The Morgan fingerprint density at radius 1 is 0.682 bits per heavy atom. The van der Waals surface area contributed by atoms with Crippen LogP contribution in [-0.4, -0.2) is 61.3 Å². The fraction of sp³-hybridized carbons (Fsp3) is 0.556. The summed E-state index contributed by atoms with van der Waals surface area (Å²) in [4.78, 5) is 0. The van der Waals surface area contributed by atoms with Gasteiger partial charge in [0.1, 0.15) is 26.2 Å². The maximum absolute atomic E-state index is 3.96. The van der Waals surface area contributed by atoms with Crippen molar-refractivity contribution in [1.29, 1.82) is 0 Å². The first-order valence-electron chi connectivity index (χ1n) is 7.80. The molecule has 2 nitrogen and oxygen atoms in total. The largest absolute Gasteiger partial charge is 1.00 e. The van der Waals surface area contributed by atoms with E-state index in [1.165, 1.54) is 35.1 Å². The number of halogens is 2. The van der Waals surface area contributed by atoms with Gasteiger partial charge >= 0.3 is 0 Å². The highest BCUT2D eigenvalue weighted by atomic mass is 35.5. The van der Waals surface area contributed by atoms with Crippen molar-refractivity contribution in [3.05, 3.63) is 49.6 Å². The SMILES string of the molecule is C=CC[N+]1(C/C=C/C)CC[N+](CC=C)(C/C=C/C)CC1.[Cl-].[Cl-]. The Morgan fingerprint density at radius 3 is 1.23 bits per heavy atom. The zero-order valence-corrected chi connectivity index (χ0v) is 15.7. The molecule has 0 bridgehead atoms. The van der Waals surface area contributed by atoms with E-state index in [9.17, 15) is 0 Å². The van der Waals surface area contributed by atoms with Crippen LogP contribution in [0, 0.1) is 0 Å². The van der Waals surface area contributed by atoms with E-state index >= 15 is 0 Å². The Labute approximate surface area is 149 Å². The molecule has 0 saturated carbocycles. The minimum Gasteiger partial charge on any atom is -1.00 e. The summed E-state index contributed by atoms with van der Waals surface area (Å²) >= 11 is 0. The van der Waals surface area contributed by atoms with Crippen LogP contribution in [0.4, 0.5) is 0 Å². The second-order valence-corrected chi connectivity index (χ2v) is 6.02. The molecule has 1 heterocycles. The van der Waals surface area contributed by atoms with E-state index in [4.69, 9.17) is 0 Å². The first-order valence-corrected chi connectivity index (χ1v) is 7.80. The second-order valence-electron chi connectivity index (χ2n) is 6.02. The fourth-order valence-corrected chi connectivity index (χ4v) is 3.16. The first-order chi connectivity index (χ1) is 9.66. The highest BCUT2D eigenvalue weighted by Gasteiger charge is 2.39. The van der Waals surface area contributed by atoms with E-state index in [0.717, 1.165) is 26.2 Å². The average molecular weight is 347 g/mol. The molecule has 1 aliphatic heterocycles. The summed E-state index contributed by atoms with van der Waals surface area (Å²) in [7, 11) is 0. The number of piperazine rings is 1. The topological polar surface area (TPSA) is 0 Å². The van der Waals surface area contributed by atoms with Gasteiger partial charge in [-0.3, -0.25) is 0 Å². The molecule has 0 radical (unpaired) electrons. The van der Waals surface area contributed by atoms with Crippen molar-refractivity contribution in [2.24, 2.45) is 0 Å². The van der Waals surface area contributed by atoms with Gasteiger partial charge in [-0.15, -0.1) is 0 Å². The molecular formula is C18H32Cl2N2. The van der Waals surface area contributed by atoms with Crippen molar-refractivity contribution in [2.45, 2.75) is 13.8 Å². The van der Waals surface area contributed by atoms with Gasteiger partial charge < -0.3 is 33.8 Å². The van der Waals surface area contributed by atoms with Gasteiger partial charge in [0.05, 0.1) is 26.2 Å². The van der Waals surface area contributed by atoms with Gasteiger partial charge in [0.25, 0.3) is 0 Å². The summed E-state index contributed by atoms with van der Waals surface area (Å²) < 4.78 is 2.33. The molecule has 0 amide bonds. The Kier molecular flexibility index (Phi) is 12.9. The maximum atomic E-state index is 3.96. The van der Waals surface area contributed by atoms with E-state index < -0.39 is 0 Å². The number of allylic oxidation sites excluding steroid dienone is 2. The lowest BCUT2D eigenvalue weighted by atomic mass is 10.1. The highest BCUT2D eigenvalue weighted by Crippen LogP contribution is 2.20. The van der Waals surface area contributed by atoms with Gasteiger partial charge in [-0.1, -0.05) is 25.3 Å². The maximum Gasteiger partial charge on any atom is 0.129 e. The molecule has 1 fully saturated rings. The third-order valence-electron chi connectivity index (χ3n) is 4.59. The Bertz CT molecular complexity index is 331. The summed E-state index contributed by atoms with van der Waals surface area (Å²) in [6.45, 7) is 21.5. The van der Waals surface area contributed by atoms with E-state index in [2.05, 4.69) is 63.5 Å². The molecule has 0 N–H and O–H groups in total. The number of hydrogen-bond acceptors (Lipinski definition) is 0. The molecule has 0 aliphatic carbocycles. The zero-order valence-electron chi connectivity index (χ0n) is 14.2. The summed E-state index contributed by atoms with van der Waals surface area (Å²) in [6, 6.07) is 0. The van der Waals surface area contributed by atoms with Gasteiger partial charge in [-0.25, -0.2) is 0 Å². The highest BCUT2D eigenvalue weighted by molar-refractivity contribution is 4.82. The number of hydrogen-bond donors (Lipinski definition) is 0. The van der Waals surface area contributed by atoms with Crippen LogP contribution in [0.15, 0.2) is 49.6 Å². The van der Waals surface area contributed by atoms with Crippen molar-refractivity contribution < 1.29 is 33.8 Å². The quantitative estimate of drug-likeness (QED) is 0.328. The lowest BCUT2D eigenvalue weighted by Gasteiger charge is -2.48. The van der Waals surface area contributed by atoms with Gasteiger partial charge in [-0.2, -0.15) is 0 Å². The molecule has 22 heavy (non-hydrogen) atoms. The summed E-state index contributed by atoms with van der Waals surface area (Å²) in [5.41, 5.74) is 0. The van der Waals surface area contributed by atoms with E-state index in [1.807, 2.05) is 0 Å². The van der Waals surface area contributed by atoms with Gasteiger partial charge in [0.2, 0.25) is 0 Å². The molecule has 0 unspecified atom stereocenters. The predicted octanol–water partition coefficient (Wildman–Crippen LogP) is -2.83. The number of quaternary nitrogens is 2. The summed E-state index contributed by atoms with van der Waals surface area (Å²) in [5.74, 6) is 0. The molecular weight excluding hydrogens is 315 g/mol. The molecule has 0 aromatic rings. The molecule has 4 heteroatoms. The number of nitrogens with zero attached hydrogens (tertiary/aromatic N) is 2. The van der Waals surface area contributed by atoms with Crippen LogP contribution in [0.25, 0.3) is 0 Å². The molecule has 0 aromatic carbocycles. The predicted molar refractivity (Wildman–Crippen MR) is 89.5 cm³/mol. The van der Waals surface area contributed by atoms with Gasteiger partial charge in [0, 0.05) is 0 Å².